The molecule has 1 aromatic carbocycles. The van der Waals surface area contributed by atoms with Crippen molar-refractivity contribution in [2.45, 2.75) is 32.2 Å². The van der Waals surface area contributed by atoms with Crippen LogP contribution in [0.4, 0.5) is 0 Å². The number of aromatic nitrogens is 5. The highest BCUT2D eigenvalue weighted by Gasteiger charge is 2.27. The van der Waals surface area contributed by atoms with Crippen molar-refractivity contribution in [2.24, 2.45) is 5.92 Å². The third-order valence-corrected chi connectivity index (χ3v) is 5.14. The number of halogens is 3. The Hall–Kier alpha value is -1.96. The van der Waals surface area contributed by atoms with Crippen molar-refractivity contribution < 1.29 is 9.53 Å². The van der Waals surface area contributed by atoms with E-state index in [1.165, 1.54) is 0 Å². The molecule has 0 spiro atoms. The molecule has 0 N–H and O–H groups in total. The van der Waals surface area contributed by atoms with Crippen LogP contribution in [0, 0.1) is 5.92 Å². The van der Waals surface area contributed by atoms with E-state index < -0.39 is 0 Å². The van der Waals surface area contributed by atoms with Crippen molar-refractivity contribution in [1.82, 2.24) is 25.0 Å². The Kier molecular flexibility index (Phi) is 4.92. The van der Waals surface area contributed by atoms with Crippen molar-refractivity contribution in [2.75, 3.05) is 0 Å². The van der Waals surface area contributed by atoms with Gasteiger partial charge in [0.2, 0.25) is 5.28 Å². The van der Waals surface area contributed by atoms with Crippen molar-refractivity contribution in [3.05, 3.63) is 39.1 Å². The summed E-state index contributed by atoms with van der Waals surface area (Å²) >= 11 is 18.3. The van der Waals surface area contributed by atoms with Gasteiger partial charge < -0.3 is 4.74 Å². The smallest absolute Gasteiger partial charge is 0.312 e. The summed E-state index contributed by atoms with van der Waals surface area (Å²) in [5.74, 6) is 0.0428. The molecule has 4 rings (SSSR count). The normalized spacial score (nSPS) is 15.1. The standard InChI is InChI=1S/C17H14Cl3N5O2/c1-8(11-5-4-10(18)7-12(11)19)25-15-14(23-24-25)16(22-17(20)21-15)27-13(26)6-9-2-3-9/h4-5,7-9H,2-3,6H2,1H3/t8-/m1/s1. The third-order valence-electron chi connectivity index (χ3n) is 4.41. The minimum Gasteiger partial charge on any atom is -0.405 e. The Bertz CT molecular complexity index is 1030. The van der Waals surface area contributed by atoms with Gasteiger partial charge in [0.05, 0.1) is 6.04 Å². The molecule has 0 saturated heterocycles. The summed E-state index contributed by atoms with van der Waals surface area (Å²) in [5, 5.41) is 9.20. The largest absolute Gasteiger partial charge is 0.405 e. The Morgan fingerprint density at radius 3 is 2.78 bits per heavy atom. The van der Waals surface area contributed by atoms with Crippen molar-refractivity contribution in [1.29, 1.82) is 0 Å². The summed E-state index contributed by atoms with van der Waals surface area (Å²) in [4.78, 5) is 20.2. The lowest BCUT2D eigenvalue weighted by molar-refractivity contribution is -0.134. The van der Waals surface area contributed by atoms with Crippen LogP contribution in [0.2, 0.25) is 15.3 Å². The van der Waals surface area contributed by atoms with E-state index in [0.29, 0.717) is 28.0 Å². The molecule has 2 heterocycles. The van der Waals surface area contributed by atoms with E-state index in [9.17, 15) is 4.79 Å². The minimum atomic E-state index is -0.364. The number of hydrogen-bond donors (Lipinski definition) is 0. The van der Waals surface area contributed by atoms with Crippen LogP contribution in [0.5, 0.6) is 5.88 Å². The first-order valence-corrected chi connectivity index (χ1v) is 9.50. The van der Waals surface area contributed by atoms with Crippen LogP contribution in [0.25, 0.3) is 11.2 Å². The van der Waals surface area contributed by atoms with Crippen LogP contribution in [-0.4, -0.2) is 30.9 Å². The van der Waals surface area contributed by atoms with E-state index in [1.54, 1.807) is 16.8 Å². The highest BCUT2D eigenvalue weighted by molar-refractivity contribution is 6.35. The van der Waals surface area contributed by atoms with Crippen molar-refractivity contribution >= 4 is 51.9 Å². The lowest BCUT2D eigenvalue weighted by Crippen LogP contribution is -2.12. The molecule has 2 aromatic heterocycles. The Labute approximate surface area is 169 Å². The summed E-state index contributed by atoms with van der Waals surface area (Å²) < 4.78 is 6.92. The molecule has 7 nitrogen and oxygen atoms in total. The second-order valence-corrected chi connectivity index (χ2v) is 7.65. The first-order chi connectivity index (χ1) is 12.9. The maximum atomic E-state index is 12.0. The molecule has 0 aliphatic heterocycles. The highest BCUT2D eigenvalue weighted by atomic mass is 35.5. The average Bonchev–Trinajstić information content (AvgIpc) is 3.30. The SMILES string of the molecule is C[C@H](c1ccc(Cl)cc1Cl)n1nnc2c(OC(=O)CC3CC3)nc(Cl)nc21. The summed E-state index contributed by atoms with van der Waals surface area (Å²) in [5.41, 5.74) is 1.40. The van der Waals surface area contributed by atoms with Crippen LogP contribution in [0.15, 0.2) is 18.2 Å². The highest BCUT2D eigenvalue weighted by Crippen LogP contribution is 2.34. The van der Waals surface area contributed by atoms with E-state index in [2.05, 4.69) is 20.3 Å². The Morgan fingerprint density at radius 1 is 1.30 bits per heavy atom. The monoisotopic (exact) mass is 425 g/mol. The molecule has 27 heavy (non-hydrogen) atoms. The van der Waals surface area contributed by atoms with Gasteiger partial charge >= 0.3 is 5.97 Å². The van der Waals surface area contributed by atoms with Crippen LogP contribution in [0.1, 0.15) is 37.8 Å². The van der Waals surface area contributed by atoms with E-state index in [4.69, 9.17) is 39.5 Å². The predicted molar refractivity (Wildman–Crippen MR) is 101 cm³/mol. The molecule has 10 heteroatoms. The molecule has 1 fully saturated rings. The molecule has 0 bridgehead atoms. The maximum absolute atomic E-state index is 12.0. The number of rotatable bonds is 5. The lowest BCUT2D eigenvalue weighted by Gasteiger charge is -2.14. The third kappa shape index (κ3) is 3.85. The Balaban J connectivity index is 1.71. The molecular weight excluding hydrogens is 413 g/mol. The Morgan fingerprint density at radius 2 is 2.07 bits per heavy atom. The fourth-order valence-electron chi connectivity index (χ4n) is 2.79. The first kappa shape index (κ1) is 18.4. The molecular formula is C17H14Cl3N5O2. The van der Waals surface area contributed by atoms with E-state index in [0.717, 1.165) is 18.4 Å². The van der Waals surface area contributed by atoms with E-state index >= 15 is 0 Å². The molecule has 1 atom stereocenters. The minimum absolute atomic E-state index is 0.0105. The summed E-state index contributed by atoms with van der Waals surface area (Å²) in [7, 11) is 0. The topological polar surface area (TPSA) is 82.8 Å². The summed E-state index contributed by atoms with van der Waals surface area (Å²) in [6, 6.07) is 4.90. The lowest BCUT2D eigenvalue weighted by atomic mass is 10.1. The van der Waals surface area contributed by atoms with Gasteiger partial charge in [0.25, 0.3) is 5.88 Å². The fourth-order valence-corrected chi connectivity index (χ4v) is 3.51. The van der Waals surface area contributed by atoms with Gasteiger partial charge in [-0.3, -0.25) is 4.79 Å². The molecule has 140 valence electrons. The molecule has 3 aromatic rings. The van der Waals surface area contributed by atoms with E-state index in [1.807, 2.05) is 13.0 Å². The molecule has 1 aliphatic rings. The quantitative estimate of drug-likeness (QED) is 0.441. The molecule has 0 amide bonds. The van der Waals surface area contributed by atoms with Gasteiger partial charge in [-0.05, 0) is 55.0 Å². The van der Waals surface area contributed by atoms with Gasteiger partial charge in [-0.25, -0.2) is 4.68 Å². The fraction of sp³-hybridized carbons (Fsp3) is 0.353. The number of carbonyl (C=O) groups is 1. The van der Waals surface area contributed by atoms with E-state index in [-0.39, 0.29) is 28.7 Å². The van der Waals surface area contributed by atoms with Gasteiger partial charge in [-0.15, -0.1) is 5.10 Å². The molecule has 1 saturated carbocycles. The van der Waals surface area contributed by atoms with Gasteiger partial charge in [0.15, 0.2) is 11.2 Å². The number of esters is 1. The zero-order valence-corrected chi connectivity index (χ0v) is 16.5. The zero-order valence-electron chi connectivity index (χ0n) is 14.2. The number of carbonyl (C=O) groups excluding carboxylic acids is 1. The van der Waals surface area contributed by atoms with Crippen LogP contribution in [0.3, 0.4) is 0 Å². The number of ether oxygens (including phenoxy) is 1. The zero-order chi connectivity index (χ0) is 19.1. The first-order valence-electron chi connectivity index (χ1n) is 8.36. The van der Waals surface area contributed by atoms with Crippen molar-refractivity contribution in [3.63, 3.8) is 0 Å². The predicted octanol–water partition coefficient (Wildman–Crippen LogP) is 4.50. The molecule has 0 unspecified atom stereocenters. The number of nitrogens with zero attached hydrogens (tertiary/aromatic N) is 5. The average molecular weight is 427 g/mol. The molecule has 1 aliphatic carbocycles. The van der Waals surface area contributed by atoms with Gasteiger partial charge in [-0.1, -0.05) is 34.5 Å². The van der Waals surface area contributed by atoms with Gasteiger partial charge in [-0.2, -0.15) is 9.97 Å². The summed E-state index contributed by atoms with van der Waals surface area (Å²) in [6.45, 7) is 1.89. The second-order valence-electron chi connectivity index (χ2n) is 6.47. The summed E-state index contributed by atoms with van der Waals surface area (Å²) in [6.07, 6.45) is 2.45. The maximum Gasteiger partial charge on any atom is 0.312 e. The number of fused-ring (bicyclic) bond motifs is 1. The van der Waals surface area contributed by atoms with Gasteiger partial charge in [0, 0.05) is 16.5 Å². The number of hydrogen-bond acceptors (Lipinski definition) is 6. The van der Waals surface area contributed by atoms with Crippen LogP contribution >= 0.6 is 34.8 Å². The second kappa shape index (κ2) is 7.22. The number of benzene rings is 1. The molecule has 0 radical (unpaired) electrons. The van der Waals surface area contributed by atoms with Gasteiger partial charge in [0.1, 0.15) is 0 Å². The van der Waals surface area contributed by atoms with Crippen molar-refractivity contribution in [3.8, 4) is 5.88 Å². The van der Waals surface area contributed by atoms with Crippen LogP contribution in [-0.2, 0) is 4.79 Å². The van der Waals surface area contributed by atoms with Crippen LogP contribution < -0.4 is 4.74 Å².